The van der Waals surface area contributed by atoms with Crippen LogP contribution in [-0.2, 0) is 0 Å². The Morgan fingerprint density at radius 3 is 2.63 bits per heavy atom. The van der Waals surface area contributed by atoms with E-state index in [1.54, 1.807) is 0 Å². The first kappa shape index (κ1) is 15.0. The molecule has 100 valence electrons. The van der Waals surface area contributed by atoms with E-state index in [-0.39, 0.29) is 5.92 Å². The number of rotatable bonds is 2. The summed E-state index contributed by atoms with van der Waals surface area (Å²) in [7, 11) is 0. The van der Waals surface area contributed by atoms with Gasteiger partial charge in [-0.2, -0.15) is 0 Å². The number of aromatic nitrogens is 2. The third-order valence-corrected chi connectivity index (χ3v) is 4.65. The second-order valence-electron chi connectivity index (χ2n) is 4.41. The van der Waals surface area contributed by atoms with Crippen molar-refractivity contribution in [2.24, 2.45) is 0 Å². The molecule has 0 radical (unpaired) electrons. The summed E-state index contributed by atoms with van der Waals surface area (Å²) in [5.41, 5.74) is 7.78. The molecule has 1 aromatic heterocycles. The van der Waals surface area contributed by atoms with Crippen molar-refractivity contribution in [3.8, 4) is 11.4 Å². The number of nitrogens with zero attached hydrogens (tertiary/aromatic N) is 2. The molecular weight excluding hydrogens is 440 g/mol. The minimum Gasteiger partial charge on any atom is -0.383 e. The molecule has 19 heavy (non-hydrogen) atoms. The average molecular weight is 453 g/mol. The molecular formula is C13H12BrClIN3. The molecule has 0 atom stereocenters. The molecule has 0 aliphatic carbocycles. The zero-order valence-electron chi connectivity index (χ0n) is 10.4. The molecule has 0 unspecified atom stereocenters. The molecule has 3 nitrogen and oxygen atoms in total. The first-order chi connectivity index (χ1) is 8.90. The first-order valence-corrected chi connectivity index (χ1v) is 7.93. The van der Waals surface area contributed by atoms with E-state index in [1.165, 1.54) is 0 Å². The van der Waals surface area contributed by atoms with Crippen LogP contribution in [0.4, 0.5) is 5.82 Å². The highest BCUT2D eigenvalue weighted by molar-refractivity contribution is 14.1. The van der Waals surface area contributed by atoms with E-state index < -0.39 is 0 Å². The third-order valence-electron chi connectivity index (χ3n) is 2.62. The first-order valence-electron chi connectivity index (χ1n) is 5.68. The van der Waals surface area contributed by atoms with Crippen molar-refractivity contribution >= 4 is 55.9 Å². The predicted molar refractivity (Wildman–Crippen MR) is 91.4 cm³/mol. The number of hydrogen-bond acceptors (Lipinski definition) is 3. The molecule has 0 saturated carbocycles. The van der Waals surface area contributed by atoms with Crippen molar-refractivity contribution in [3.05, 3.63) is 37.0 Å². The minimum atomic E-state index is 0.286. The Bertz CT molecular complexity index is 632. The standard InChI is InChI=1S/C13H12BrClIN3/c1-6(2)11-10(16)12(17)19-13(18-11)8-5-7(15)3-4-9(8)14/h3-6H,1-2H3,(H2,17,18,19). The van der Waals surface area contributed by atoms with Gasteiger partial charge < -0.3 is 5.73 Å². The number of anilines is 1. The van der Waals surface area contributed by atoms with Gasteiger partial charge >= 0.3 is 0 Å². The number of benzene rings is 1. The molecule has 0 saturated heterocycles. The van der Waals surface area contributed by atoms with Crippen molar-refractivity contribution in [1.82, 2.24) is 9.97 Å². The molecule has 0 bridgehead atoms. The Morgan fingerprint density at radius 1 is 1.32 bits per heavy atom. The Labute approximate surface area is 139 Å². The average Bonchev–Trinajstić information content (AvgIpc) is 2.35. The van der Waals surface area contributed by atoms with Gasteiger partial charge in [-0.3, -0.25) is 0 Å². The number of hydrogen-bond donors (Lipinski definition) is 1. The van der Waals surface area contributed by atoms with E-state index in [0.717, 1.165) is 19.3 Å². The van der Waals surface area contributed by atoms with Crippen LogP contribution in [0.3, 0.4) is 0 Å². The van der Waals surface area contributed by atoms with Crippen molar-refractivity contribution in [2.45, 2.75) is 19.8 Å². The fourth-order valence-electron chi connectivity index (χ4n) is 1.65. The van der Waals surface area contributed by atoms with E-state index in [1.807, 2.05) is 18.2 Å². The molecule has 2 rings (SSSR count). The van der Waals surface area contributed by atoms with Crippen LogP contribution in [-0.4, -0.2) is 9.97 Å². The van der Waals surface area contributed by atoms with Gasteiger partial charge in [-0.1, -0.05) is 41.4 Å². The summed E-state index contributed by atoms with van der Waals surface area (Å²) in [5, 5.41) is 0.644. The highest BCUT2D eigenvalue weighted by Crippen LogP contribution is 2.32. The smallest absolute Gasteiger partial charge is 0.163 e. The van der Waals surface area contributed by atoms with Gasteiger partial charge in [0, 0.05) is 15.1 Å². The van der Waals surface area contributed by atoms with Crippen LogP contribution < -0.4 is 5.73 Å². The van der Waals surface area contributed by atoms with Crippen LogP contribution in [0.5, 0.6) is 0 Å². The fourth-order valence-corrected chi connectivity index (χ4v) is 3.11. The summed E-state index contributed by atoms with van der Waals surface area (Å²) in [6, 6.07) is 5.52. The van der Waals surface area contributed by atoms with E-state index in [0.29, 0.717) is 16.7 Å². The lowest BCUT2D eigenvalue weighted by Crippen LogP contribution is -2.06. The summed E-state index contributed by atoms with van der Waals surface area (Å²) < 4.78 is 1.81. The Morgan fingerprint density at radius 2 is 2.00 bits per heavy atom. The van der Waals surface area contributed by atoms with Gasteiger partial charge in [-0.15, -0.1) is 0 Å². The van der Waals surface area contributed by atoms with E-state index in [2.05, 4.69) is 62.3 Å². The normalized spacial score (nSPS) is 11.1. The molecule has 2 aromatic rings. The molecule has 0 aliphatic rings. The second-order valence-corrected chi connectivity index (χ2v) is 6.78. The highest BCUT2D eigenvalue weighted by Gasteiger charge is 2.15. The highest BCUT2D eigenvalue weighted by atomic mass is 127. The number of nitrogens with two attached hydrogens (primary N) is 1. The van der Waals surface area contributed by atoms with Crippen LogP contribution in [0, 0.1) is 3.57 Å². The van der Waals surface area contributed by atoms with Gasteiger partial charge in [0.15, 0.2) is 5.82 Å². The topological polar surface area (TPSA) is 51.8 Å². The largest absolute Gasteiger partial charge is 0.383 e. The van der Waals surface area contributed by atoms with Crippen LogP contribution >= 0.6 is 50.1 Å². The van der Waals surface area contributed by atoms with Crippen LogP contribution in [0.2, 0.25) is 5.02 Å². The molecule has 0 amide bonds. The second kappa shape index (κ2) is 5.93. The zero-order chi connectivity index (χ0) is 14.2. The fraction of sp³-hybridized carbons (Fsp3) is 0.231. The number of halogens is 3. The molecule has 2 N–H and O–H groups in total. The molecule has 6 heteroatoms. The van der Waals surface area contributed by atoms with Gasteiger partial charge in [-0.25, -0.2) is 9.97 Å². The van der Waals surface area contributed by atoms with Crippen LogP contribution in [0.25, 0.3) is 11.4 Å². The SMILES string of the molecule is CC(C)c1nc(-c2cc(Cl)ccc2Br)nc(N)c1I. The maximum absolute atomic E-state index is 6.03. The molecule has 0 aliphatic heterocycles. The maximum atomic E-state index is 6.03. The molecule has 0 spiro atoms. The molecule has 1 aromatic carbocycles. The quantitative estimate of drug-likeness (QED) is 0.662. The van der Waals surface area contributed by atoms with Gasteiger partial charge in [0.05, 0.1) is 9.26 Å². The lowest BCUT2D eigenvalue weighted by Gasteiger charge is -2.12. The molecule has 1 heterocycles. The molecule has 0 fully saturated rings. The minimum absolute atomic E-state index is 0.286. The maximum Gasteiger partial charge on any atom is 0.163 e. The van der Waals surface area contributed by atoms with Crippen molar-refractivity contribution in [3.63, 3.8) is 0 Å². The van der Waals surface area contributed by atoms with Gasteiger partial charge in [-0.05, 0) is 46.7 Å². The monoisotopic (exact) mass is 451 g/mol. The summed E-state index contributed by atoms with van der Waals surface area (Å²) in [5.74, 6) is 1.38. The lowest BCUT2D eigenvalue weighted by atomic mass is 10.1. The van der Waals surface area contributed by atoms with E-state index in [4.69, 9.17) is 17.3 Å². The summed E-state index contributed by atoms with van der Waals surface area (Å²) in [6.07, 6.45) is 0. The van der Waals surface area contributed by atoms with Gasteiger partial charge in [0.1, 0.15) is 5.82 Å². The van der Waals surface area contributed by atoms with Crippen molar-refractivity contribution < 1.29 is 0 Å². The summed E-state index contributed by atoms with van der Waals surface area (Å²) in [4.78, 5) is 8.98. The Kier molecular flexibility index (Phi) is 4.68. The lowest BCUT2D eigenvalue weighted by molar-refractivity contribution is 0.810. The van der Waals surface area contributed by atoms with E-state index >= 15 is 0 Å². The van der Waals surface area contributed by atoms with Gasteiger partial charge in [0.25, 0.3) is 0 Å². The van der Waals surface area contributed by atoms with Crippen LogP contribution in [0.1, 0.15) is 25.5 Å². The van der Waals surface area contributed by atoms with E-state index in [9.17, 15) is 0 Å². The Hall–Kier alpha value is -0.400. The van der Waals surface area contributed by atoms with Crippen molar-refractivity contribution in [2.75, 3.05) is 5.73 Å². The summed E-state index contributed by atoms with van der Waals surface area (Å²) >= 11 is 11.7. The predicted octanol–water partition coefficient (Wildman–Crippen LogP) is 4.87. The summed E-state index contributed by atoms with van der Waals surface area (Å²) in [6.45, 7) is 4.17. The Balaban J connectivity index is 2.66. The van der Waals surface area contributed by atoms with Gasteiger partial charge in [0.2, 0.25) is 0 Å². The third kappa shape index (κ3) is 3.20. The zero-order valence-corrected chi connectivity index (χ0v) is 14.9. The van der Waals surface area contributed by atoms with Crippen molar-refractivity contribution in [1.29, 1.82) is 0 Å². The van der Waals surface area contributed by atoms with Crippen LogP contribution in [0.15, 0.2) is 22.7 Å². The number of nitrogen functional groups attached to an aromatic ring is 1.